The number of pyridine rings is 1. The highest BCUT2D eigenvalue weighted by Gasteiger charge is 2.36. The molecule has 2 aromatic heterocycles. The van der Waals surface area contributed by atoms with Gasteiger partial charge in [0.1, 0.15) is 11.6 Å². The highest BCUT2D eigenvalue weighted by Crippen LogP contribution is 2.26. The molecule has 7 nitrogen and oxygen atoms in total. The zero-order chi connectivity index (χ0) is 16.3. The average molecular weight is 314 g/mol. The van der Waals surface area contributed by atoms with Crippen LogP contribution < -0.4 is 10.6 Å². The second-order valence-electron chi connectivity index (χ2n) is 4.53. The van der Waals surface area contributed by atoms with Crippen LogP contribution in [0.4, 0.5) is 23.8 Å². The molecule has 0 aliphatic carbocycles. The van der Waals surface area contributed by atoms with E-state index < -0.39 is 24.1 Å². The lowest BCUT2D eigenvalue weighted by atomic mass is 10.3. The number of amides is 2. The summed E-state index contributed by atoms with van der Waals surface area (Å²) >= 11 is 0. The molecule has 0 fully saturated rings. The lowest BCUT2D eigenvalue weighted by Gasteiger charge is -2.12. The molecule has 0 aliphatic heterocycles. The summed E-state index contributed by atoms with van der Waals surface area (Å²) in [5.74, 6) is -1.05. The van der Waals surface area contributed by atoms with Crippen LogP contribution >= 0.6 is 0 Å². The standard InChI is InChI=1S/C12H13F3N6O/c1-6-4-3-5-8(16-6)18-11(22)17-7(2)9-19-10(21-20-9)12(13,14)15/h3-5,7H,1-2H3,(H,19,20,21)(H2,16,17,18,22). The van der Waals surface area contributed by atoms with Crippen molar-refractivity contribution in [3.05, 3.63) is 35.5 Å². The molecule has 1 atom stereocenters. The minimum atomic E-state index is -4.64. The van der Waals surface area contributed by atoms with E-state index in [1.807, 2.05) is 0 Å². The number of aromatic amines is 1. The molecule has 2 aromatic rings. The quantitative estimate of drug-likeness (QED) is 0.810. The fourth-order valence-electron chi connectivity index (χ4n) is 1.62. The molecule has 0 saturated carbocycles. The summed E-state index contributed by atoms with van der Waals surface area (Å²) in [6, 6.07) is 3.67. The Morgan fingerprint density at radius 2 is 2.05 bits per heavy atom. The maximum atomic E-state index is 12.4. The number of aryl methyl sites for hydroxylation is 1. The van der Waals surface area contributed by atoms with Crippen LogP contribution in [0.1, 0.15) is 30.3 Å². The van der Waals surface area contributed by atoms with Gasteiger partial charge in [-0.05, 0) is 26.0 Å². The topological polar surface area (TPSA) is 95.6 Å². The van der Waals surface area contributed by atoms with E-state index in [0.717, 1.165) is 5.69 Å². The number of hydrogen-bond acceptors (Lipinski definition) is 4. The van der Waals surface area contributed by atoms with E-state index in [-0.39, 0.29) is 5.82 Å². The molecule has 118 valence electrons. The number of carbonyl (C=O) groups is 1. The van der Waals surface area contributed by atoms with E-state index in [1.54, 1.807) is 25.1 Å². The van der Waals surface area contributed by atoms with Gasteiger partial charge in [0.05, 0.1) is 6.04 Å². The molecule has 0 bridgehead atoms. The Morgan fingerprint density at radius 3 is 2.64 bits per heavy atom. The number of carbonyl (C=O) groups excluding carboxylic acids is 1. The molecule has 0 radical (unpaired) electrons. The van der Waals surface area contributed by atoms with E-state index >= 15 is 0 Å². The number of rotatable bonds is 3. The van der Waals surface area contributed by atoms with Gasteiger partial charge in [0.15, 0.2) is 0 Å². The Labute approximate surface area is 123 Å². The third-order valence-corrected chi connectivity index (χ3v) is 2.64. The van der Waals surface area contributed by atoms with Gasteiger partial charge in [-0.3, -0.25) is 10.4 Å². The average Bonchev–Trinajstić information content (AvgIpc) is 2.87. The fourth-order valence-corrected chi connectivity index (χ4v) is 1.62. The summed E-state index contributed by atoms with van der Waals surface area (Å²) in [7, 11) is 0. The predicted octanol–water partition coefficient (Wildman–Crippen LogP) is 2.41. The van der Waals surface area contributed by atoms with E-state index in [2.05, 4.69) is 30.8 Å². The van der Waals surface area contributed by atoms with Crippen molar-refractivity contribution in [3.63, 3.8) is 0 Å². The molecule has 2 rings (SSSR count). The molecule has 22 heavy (non-hydrogen) atoms. The Hall–Kier alpha value is -2.65. The summed E-state index contributed by atoms with van der Waals surface area (Å²) in [5.41, 5.74) is 0.718. The fraction of sp³-hybridized carbons (Fsp3) is 0.333. The number of halogens is 3. The second-order valence-corrected chi connectivity index (χ2v) is 4.53. The molecule has 2 heterocycles. The van der Waals surface area contributed by atoms with Crippen LogP contribution in [0.5, 0.6) is 0 Å². The minimum Gasteiger partial charge on any atom is -0.328 e. The number of urea groups is 1. The molecule has 2 amide bonds. The summed E-state index contributed by atoms with van der Waals surface area (Å²) in [6.07, 6.45) is -4.64. The van der Waals surface area contributed by atoms with E-state index in [4.69, 9.17) is 0 Å². The molecule has 10 heteroatoms. The zero-order valence-corrected chi connectivity index (χ0v) is 11.7. The SMILES string of the molecule is Cc1cccc(NC(=O)NC(C)c2nc(C(F)(F)F)n[nH]2)n1. The van der Waals surface area contributed by atoms with Gasteiger partial charge in [-0.2, -0.15) is 13.2 Å². The first-order valence-corrected chi connectivity index (χ1v) is 6.26. The van der Waals surface area contributed by atoms with E-state index in [1.165, 1.54) is 6.92 Å². The van der Waals surface area contributed by atoms with Crippen molar-refractivity contribution in [2.45, 2.75) is 26.1 Å². The van der Waals surface area contributed by atoms with Crippen LogP contribution in [0.2, 0.25) is 0 Å². The van der Waals surface area contributed by atoms with Crippen LogP contribution in [0, 0.1) is 6.92 Å². The highest BCUT2D eigenvalue weighted by molar-refractivity contribution is 5.88. The number of alkyl halides is 3. The van der Waals surface area contributed by atoms with Gasteiger partial charge in [-0.1, -0.05) is 6.07 Å². The Kier molecular flexibility index (Phi) is 4.29. The third kappa shape index (κ3) is 3.93. The molecule has 0 aromatic carbocycles. The number of nitrogens with zero attached hydrogens (tertiary/aromatic N) is 3. The van der Waals surface area contributed by atoms with Crippen LogP contribution in [-0.2, 0) is 6.18 Å². The maximum Gasteiger partial charge on any atom is 0.453 e. The van der Waals surface area contributed by atoms with Crippen LogP contribution in [-0.4, -0.2) is 26.2 Å². The smallest absolute Gasteiger partial charge is 0.328 e. The van der Waals surface area contributed by atoms with Crippen molar-refractivity contribution in [1.29, 1.82) is 0 Å². The molecule has 1 unspecified atom stereocenters. The van der Waals surface area contributed by atoms with Crippen molar-refractivity contribution in [2.75, 3.05) is 5.32 Å². The van der Waals surface area contributed by atoms with Gasteiger partial charge >= 0.3 is 12.2 Å². The Bertz CT molecular complexity index is 669. The minimum absolute atomic E-state index is 0.0975. The number of nitrogens with one attached hydrogen (secondary N) is 3. The lowest BCUT2D eigenvalue weighted by molar-refractivity contribution is -0.144. The first-order valence-electron chi connectivity index (χ1n) is 6.26. The van der Waals surface area contributed by atoms with Crippen LogP contribution in [0.3, 0.4) is 0 Å². The van der Waals surface area contributed by atoms with Crippen molar-refractivity contribution in [3.8, 4) is 0 Å². The molecular formula is C12H13F3N6O. The maximum absolute atomic E-state index is 12.4. The first-order chi connectivity index (χ1) is 10.3. The van der Waals surface area contributed by atoms with Gasteiger partial charge < -0.3 is 5.32 Å². The predicted molar refractivity (Wildman–Crippen MR) is 70.9 cm³/mol. The van der Waals surface area contributed by atoms with Crippen molar-refractivity contribution < 1.29 is 18.0 Å². The van der Waals surface area contributed by atoms with Crippen molar-refractivity contribution in [2.24, 2.45) is 0 Å². The summed E-state index contributed by atoms with van der Waals surface area (Å²) in [5, 5.41) is 10.1. The van der Waals surface area contributed by atoms with Gasteiger partial charge in [-0.25, -0.2) is 14.8 Å². The number of anilines is 1. The van der Waals surface area contributed by atoms with Gasteiger partial charge in [0.2, 0.25) is 0 Å². The summed E-state index contributed by atoms with van der Waals surface area (Å²) in [4.78, 5) is 19.1. The second kappa shape index (κ2) is 6.00. The van der Waals surface area contributed by atoms with Gasteiger partial charge in [0, 0.05) is 5.69 Å². The number of hydrogen-bond donors (Lipinski definition) is 3. The Morgan fingerprint density at radius 1 is 1.32 bits per heavy atom. The number of aromatic nitrogens is 4. The zero-order valence-electron chi connectivity index (χ0n) is 11.7. The largest absolute Gasteiger partial charge is 0.453 e. The molecule has 0 aliphatic rings. The highest BCUT2D eigenvalue weighted by atomic mass is 19.4. The van der Waals surface area contributed by atoms with Crippen LogP contribution in [0.15, 0.2) is 18.2 Å². The van der Waals surface area contributed by atoms with E-state index in [0.29, 0.717) is 5.82 Å². The summed E-state index contributed by atoms with van der Waals surface area (Å²) < 4.78 is 37.2. The molecule has 0 saturated heterocycles. The first kappa shape index (κ1) is 15.7. The Balaban J connectivity index is 1.98. The number of H-pyrrole nitrogens is 1. The van der Waals surface area contributed by atoms with Gasteiger partial charge in [-0.15, -0.1) is 5.10 Å². The van der Waals surface area contributed by atoms with Gasteiger partial charge in [0.25, 0.3) is 5.82 Å². The molecule has 3 N–H and O–H groups in total. The van der Waals surface area contributed by atoms with Crippen molar-refractivity contribution in [1.82, 2.24) is 25.5 Å². The molecular weight excluding hydrogens is 301 g/mol. The third-order valence-electron chi connectivity index (χ3n) is 2.64. The molecule has 0 spiro atoms. The normalized spacial score (nSPS) is 12.8. The van der Waals surface area contributed by atoms with E-state index in [9.17, 15) is 18.0 Å². The monoisotopic (exact) mass is 314 g/mol. The van der Waals surface area contributed by atoms with Crippen LogP contribution in [0.25, 0.3) is 0 Å². The van der Waals surface area contributed by atoms with Crippen molar-refractivity contribution >= 4 is 11.8 Å². The summed E-state index contributed by atoms with van der Waals surface area (Å²) in [6.45, 7) is 3.24. The lowest BCUT2D eigenvalue weighted by Crippen LogP contribution is -2.32.